The number of nitrogens with zero attached hydrogens (tertiary/aromatic N) is 1. The minimum Gasteiger partial charge on any atom is -0.399 e. The van der Waals surface area contributed by atoms with E-state index in [9.17, 15) is 0 Å². The third kappa shape index (κ3) is 0.967. The Labute approximate surface area is 73.5 Å². The van der Waals surface area contributed by atoms with Crippen LogP contribution in [0.2, 0.25) is 5.02 Å². The van der Waals surface area contributed by atoms with Crippen LogP contribution in [0.3, 0.4) is 0 Å². The van der Waals surface area contributed by atoms with Crippen molar-refractivity contribution < 1.29 is 0 Å². The first-order valence-corrected chi connectivity index (χ1v) is 3.75. The number of nitrogens with one attached hydrogen (secondary N) is 1. The zero-order chi connectivity index (χ0) is 8.72. The molecule has 1 heterocycles. The van der Waals surface area contributed by atoms with Gasteiger partial charge in [-0.3, -0.25) is 0 Å². The summed E-state index contributed by atoms with van der Waals surface area (Å²) < 4.78 is 0. The minimum absolute atomic E-state index is 0.345. The molecule has 0 aliphatic heterocycles. The molecule has 4 nitrogen and oxygen atoms in total. The highest BCUT2D eigenvalue weighted by Gasteiger charge is 2.04. The molecule has 0 radical (unpaired) electrons. The van der Waals surface area contributed by atoms with Gasteiger partial charge in [0.15, 0.2) is 5.95 Å². The van der Waals surface area contributed by atoms with E-state index in [4.69, 9.17) is 23.1 Å². The van der Waals surface area contributed by atoms with Crippen molar-refractivity contribution in [2.75, 3.05) is 11.5 Å². The van der Waals surface area contributed by atoms with Crippen LogP contribution in [-0.4, -0.2) is 9.97 Å². The van der Waals surface area contributed by atoms with Crippen LogP contribution in [0.5, 0.6) is 0 Å². The number of aromatic amines is 1. The Kier molecular flexibility index (Phi) is 1.38. The van der Waals surface area contributed by atoms with Gasteiger partial charge in [0.25, 0.3) is 0 Å². The van der Waals surface area contributed by atoms with E-state index < -0.39 is 0 Å². The molecule has 0 saturated carbocycles. The molecule has 0 aliphatic rings. The van der Waals surface area contributed by atoms with Gasteiger partial charge in [0, 0.05) is 5.69 Å². The molecule has 0 aliphatic carbocycles. The Bertz CT molecular complexity index is 434. The van der Waals surface area contributed by atoms with Crippen molar-refractivity contribution in [3.8, 4) is 0 Å². The quantitative estimate of drug-likeness (QED) is 0.539. The lowest BCUT2D eigenvalue weighted by atomic mass is 10.3. The van der Waals surface area contributed by atoms with Gasteiger partial charge in [-0.2, -0.15) is 0 Å². The third-order valence-electron chi connectivity index (χ3n) is 1.58. The molecule has 5 N–H and O–H groups in total. The van der Waals surface area contributed by atoms with Crippen LogP contribution in [0.25, 0.3) is 11.0 Å². The molecule has 1 aromatic heterocycles. The summed E-state index contributed by atoms with van der Waals surface area (Å²) in [4.78, 5) is 6.83. The van der Waals surface area contributed by atoms with Crippen molar-refractivity contribution in [3.63, 3.8) is 0 Å². The summed E-state index contributed by atoms with van der Waals surface area (Å²) in [5.41, 5.74) is 13.0. The molecule has 0 fully saturated rings. The highest BCUT2D eigenvalue weighted by molar-refractivity contribution is 6.35. The molecule has 2 aromatic rings. The number of rotatable bonds is 0. The SMILES string of the molecule is Nc1cc(Cl)c2nc(N)[nH]c2c1. The number of hydrogen-bond acceptors (Lipinski definition) is 3. The van der Waals surface area contributed by atoms with E-state index in [-0.39, 0.29) is 0 Å². The van der Waals surface area contributed by atoms with Gasteiger partial charge in [-0.1, -0.05) is 11.6 Å². The summed E-state index contributed by atoms with van der Waals surface area (Å²) in [6.45, 7) is 0. The van der Waals surface area contributed by atoms with Gasteiger partial charge in [-0.15, -0.1) is 0 Å². The zero-order valence-corrected chi connectivity index (χ0v) is 6.89. The van der Waals surface area contributed by atoms with E-state index >= 15 is 0 Å². The first kappa shape index (κ1) is 7.24. The Balaban J connectivity index is 2.88. The summed E-state index contributed by atoms with van der Waals surface area (Å²) in [5, 5.41) is 0.512. The molecule has 62 valence electrons. The van der Waals surface area contributed by atoms with Gasteiger partial charge in [0.2, 0.25) is 0 Å². The zero-order valence-electron chi connectivity index (χ0n) is 6.13. The molecule has 5 heteroatoms. The van der Waals surface area contributed by atoms with Crippen LogP contribution in [-0.2, 0) is 0 Å². The second-order valence-corrected chi connectivity index (χ2v) is 2.93. The van der Waals surface area contributed by atoms with Gasteiger partial charge in [-0.25, -0.2) is 4.98 Å². The monoisotopic (exact) mass is 182 g/mol. The fourth-order valence-electron chi connectivity index (χ4n) is 1.12. The number of anilines is 2. The van der Waals surface area contributed by atoms with Crippen molar-refractivity contribution in [3.05, 3.63) is 17.2 Å². The average Bonchev–Trinajstić information content (AvgIpc) is 2.29. The number of hydrogen-bond donors (Lipinski definition) is 3. The maximum absolute atomic E-state index is 5.86. The van der Waals surface area contributed by atoms with E-state index in [0.29, 0.717) is 22.2 Å². The Morgan fingerprint density at radius 3 is 2.83 bits per heavy atom. The second kappa shape index (κ2) is 2.28. The van der Waals surface area contributed by atoms with Crippen LogP contribution < -0.4 is 11.5 Å². The maximum Gasteiger partial charge on any atom is 0.198 e. The number of H-pyrrole nitrogens is 1. The van der Waals surface area contributed by atoms with E-state index in [1.165, 1.54) is 0 Å². The number of aromatic nitrogens is 2. The van der Waals surface area contributed by atoms with Gasteiger partial charge >= 0.3 is 0 Å². The second-order valence-electron chi connectivity index (χ2n) is 2.52. The molecular formula is C7H7ClN4. The molecule has 1 aromatic carbocycles. The van der Waals surface area contributed by atoms with Crippen molar-refractivity contribution >= 4 is 34.3 Å². The first-order chi connectivity index (χ1) is 5.66. The van der Waals surface area contributed by atoms with Gasteiger partial charge in [0.05, 0.1) is 10.5 Å². The summed E-state index contributed by atoms with van der Waals surface area (Å²) in [5.74, 6) is 0.345. The third-order valence-corrected chi connectivity index (χ3v) is 1.87. The summed E-state index contributed by atoms with van der Waals surface area (Å²) >= 11 is 5.86. The lowest BCUT2D eigenvalue weighted by Gasteiger charge is -1.94. The number of nitrogen functional groups attached to an aromatic ring is 2. The topological polar surface area (TPSA) is 80.7 Å². The largest absolute Gasteiger partial charge is 0.399 e. The number of fused-ring (bicyclic) bond motifs is 1. The predicted molar refractivity (Wildman–Crippen MR) is 49.9 cm³/mol. The number of nitrogens with two attached hydrogens (primary N) is 2. The fourth-order valence-corrected chi connectivity index (χ4v) is 1.39. The molecular weight excluding hydrogens is 176 g/mol. The Hall–Kier alpha value is -1.42. The number of imidazole rings is 1. The van der Waals surface area contributed by atoms with Crippen molar-refractivity contribution in [2.24, 2.45) is 0 Å². The highest BCUT2D eigenvalue weighted by Crippen LogP contribution is 2.24. The smallest absolute Gasteiger partial charge is 0.198 e. The first-order valence-electron chi connectivity index (χ1n) is 3.37. The van der Waals surface area contributed by atoms with E-state index in [0.717, 1.165) is 5.52 Å². The van der Waals surface area contributed by atoms with Crippen LogP contribution in [0.15, 0.2) is 12.1 Å². The minimum atomic E-state index is 0.345. The van der Waals surface area contributed by atoms with Gasteiger partial charge in [-0.05, 0) is 12.1 Å². The van der Waals surface area contributed by atoms with Crippen LogP contribution in [0.4, 0.5) is 11.6 Å². The molecule has 0 amide bonds. The number of halogens is 1. The molecule has 0 bridgehead atoms. The lowest BCUT2D eigenvalue weighted by molar-refractivity contribution is 1.35. The maximum atomic E-state index is 5.86. The Morgan fingerprint density at radius 1 is 1.33 bits per heavy atom. The molecule has 0 spiro atoms. The van der Waals surface area contributed by atoms with Crippen LogP contribution in [0, 0.1) is 0 Å². The van der Waals surface area contributed by atoms with Crippen molar-refractivity contribution in [1.82, 2.24) is 9.97 Å². The van der Waals surface area contributed by atoms with Gasteiger partial charge < -0.3 is 16.5 Å². The predicted octanol–water partition coefficient (Wildman–Crippen LogP) is 1.38. The van der Waals surface area contributed by atoms with E-state index in [1.54, 1.807) is 12.1 Å². The standard InChI is InChI=1S/C7H7ClN4/c8-4-1-3(9)2-5-6(4)12-7(10)11-5/h1-2H,9H2,(H3,10,11,12). The van der Waals surface area contributed by atoms with Crippen molar-refractivity contribution in [2.45, 2.75) is 0 Å². The summed E-state index contributed by atoms with van der Waals surface area (Å²) in [6.07, 6.45) is 0. The summed E-state index contributed by atoms with van der Waals surface area (Å²) in [6, 6.07) is 3.38. The number of benzene rings is 1. The Morgan fingerprint density at radius 2 is 2.08 bits per heavy atom. The molecule has 0 unspecified atom stereocenters. The summed E-state index contributed by atoms with van der Waals surface area (Å²) in [7, 11) is 0. The van der Waals surface area contributed by atoms with Crippen molar-refractivity contribution in [1.29, 1.82) is 0 Å². The lowest BCUT2D eigenvalue weighted by Crippen LogP contribution is -1.84. The van der Waals surface area contributed by atoms with E-state index in [1.807, 2.05) is 0 Å². The normalized spacial score (nSPS) is 10.8. The van der Waals surface area contributed by atoms with Crippen LogP contribution >= 0.6 is 11.6 Å². The molecule has 2 rings (SSSR count). The van der Waals surface area contributed by atoms with Gasteiger partial charge in [0.1, 0.15) is 5.52 Å². The molecule has 0 saturated heterocycles. The average molecular weight is 183 g/mol. The highest BCUT2D eigenvalue weighted by atomic mass is 35.5. The van der Waals surface area contributed by atoms with E-state index in [2.05, 4.69) is 9.97 Å². The fraction of sp³-hybridized carbons (Fsp3) is 0. The molecule has 12 heavy (non-hydrogen) atoms. The molecule has 0 atom stereocenters. The van der Waals surface area contributed by atoms with Crippen LogP contribution in [0.1, 0.15) is 0 Å².